The van der Waals surface area contributed by atoms with Gasteiger partial charge in [-0.15, -0.1) is 0 Å². The molecule has 0 amide bonds. The van der Waals surface area contributed by atoms with Gasteiger partial charge in [0.15, 0.2) is 11.6 Å². The predicted octanol–water partition coefficient (Wildman–Crippen LogP) is 1.02. The summed E-state index contributed by atoms with van der Waals surface area (Å²) in [6.07, 6.45) is 4.46. The summed E-state index contributed by atoms with van der Waals surface area (Å²) < 4.78 is 13.7. The summed E-state index contributed by atoms with van der Waals surface area (Å²) in [5.41, 5.74) is 0. The highest BCUT2D eigenvalue weighted by atomic mass is 19.1. The Kier molecular flexibility index (Phi) is 3.78. The number of pyridine rings is 1. The highest BCUT2D eigenvalue weighted by Crippen LogP contribution is 2.25. The number of hydrogen-bond donors (Lipinski definition) is 0. The van der Waals surface area contributed by atoms with Crippen LogP contribution in [0.4, 0.5) is 16.0 Å². The molecule has 2 aliphatic heterocycles. The topological polar surface area (TPSA) is 48.4 Å². The molecule has 2 aromatic heterocycles. The van der Waals surface area contributed by atoms with Crippen LogP contribution in [-0.4, -0.2) is 65.2 Å². The number of hydrogen-bond acceptors (Lipinski definition) is 6. The van der Waals surface area contributed by atoms with Crippen LogP contribution in [0.25, 0.3) is 0 Å². The van der Waals surface area contributed by atoms with E-state index in [0.717, 1.165) is 45.1 Å². The first-order valence-electron chi connectivity index (χ1n) is 7.92. The Hall–Kier alpha value is -2.28. The number of anilines is 2. The SMILES string of the molecule is Fc1cncnc1N1CC(N2CCN(c3ccccn3)CC2)C1. The second-order valence-corrected chi connectivity index (χ2v) is 5.96. The molecule has 0 bridgehead atoms. The summed E-state index contributed by atoms with van der Waals surface area (Å²) in [4.78, 5) is 18.9. The van der Waals surface area contributed by atoms with Crippen molar-refractivity contribution in [2.75, 3.05) is 49.1 Å². The van der Waals surface area contributed by atoms with Crippen molar-refractivity contribution in [3.63, 3.8) is 0 Å². The number of aromatic nitrogens is 3. The number of halogens is 1. The van der Waals surface area contributed by atoms with Gasteiger partial charge in [-0.1, -0.05) is 6.07 Å². The molecule has 0 unspecified atom stereocenters. The molecule has 7 heteroatoms. The molecular formula is C16H19FN6. The minimum absolute atomic E-state index is 0.342. The molecular weight excluding hydrogens is 295 g/mol. The molecule has 2 aliphatic rings. The smallest absolute Gasteiger partial charge is 0.183 e. The van der Waals surface area contributed by atoms with Gasteiger partial charge in [-0.2, -0.15) is 0 Å². The van der Waals surface area contributed by atoms with Gasteiger partial charge in [-0.3, -0.25) is 4.90 Å². The monoisotopic (exact) mass is 314 g/mol. The van der Waals surface area contributed by atoms with Crippen molar-refractivity contribution in [2.24, 2.45) is 0 Å². The van der Waals surface area contributed by atoms with Gasteiger partial charge in [0, 0.05) is 51.5 Å². The Labute approximate surface area is 134 Å². The van der Waals surface area contributed by atoms with Gasteiger partial charge in [-0.25, -0.2) is 19.3 Å². The van der Waals surface area contributed by atoms with Crippen LogP contribution in [-0.2, 0) is 0 Å². The molecule has 0 N–H and O–H groups in total. The first kappa shape index (κ1) is 14.3. The van der Waals surface area contributed by atoms with E-state index in [2.05, 4.69) is 30.8 Å². The average Bonchev–Trinajstić information content (AvgIpc) is 2.57. The maximum atomic E-state index is 13.7. The quantitative estimate of drug-likeness (QED) is 0.843. The molecule has 0 aromatic carbocycles. The zero-order valence-corrected chi connectivity index (χ0v) is 12.8. The standard InChI is InChI=1S/C16H19FN6/c17-14-9-18-12-20-16(14)23-10-13(11-23)21-5-7-22(8-6-21)15-3-1-2-4-19-15/h1-4,9,12-13H,5-8,10-11H2. The van der Waals surface area contributed by atoms with Crippen molar-refractivity contribution in [3.8, 4) is 0 Å². The lowest BCUT2D eigenvalue weighted by Crippen LogP contribution is -2.63. The molecule has 120 valence electrons. The fourth-order valence-electron chi connectivity index (χ4n) is 3.26. The highest BCUT2D eigenvalue weighted by Gasteiger charge is 2.35. The summed E-state index contributed by atoms with van der Waals surface area (Å²) >= 11 is 0. The fourth-order valence-corrected chi connectivity index (χ4v) is 3.26. The molecule has 2 saturated heterocycles. The van der Waals surface area contributed by atoms with Crippen LogP contribution < -0.4 is 9.80 Å². The number of rotatable bonds is 3. The van der Waals surface area contributed by atoms with Crippen molar-refractivity contribution < 1.29 is 4.39 Å². The first-order valence-corrected chi connectivity index (χ1v) is 7.92. The van der Waals surface area contributed by atoms with Gasteiger partial charge in [0.1, 0.15) is 12.1 Å². The largest absolute Gasteiger partial charge is 0.354 e. The van der Waals surface area contributed by atoms with Crippen LogP contribution >= 0.6 is 0 Å². The Bertz CT molecular complexity index is 653. The molecule has 0 saturated carbocycles. The molecule has 6 nitrogen and oxygen atoms in total. The highest BCUT2D eigenvalue weighted by molar-refractivity contribution is 5.43. The van der Waals surface area contributed by atoms with Crippen LogP contribution in [0.15, 0.2) is 36.9 Å². The molecule has 0 aliphatic carbocycles. The van der Waals surface area contributed by atoms with Crippen LogP contribution in [0.2, 0.25) is 0 Å². The summed E-state index contributed by atoms with van der Waals surface area (Å²) in [6.45, 7) is 5.66. The zero-order valence-electron chi connectivity index (χ0n) is 12.8. The first-order chi connectivity index (χ1) is 11.3. The molecule has 2 aromatic rings. The van der Waals surface area contributed by atoms with E-state index < -0.39 is 0 Å². The maximum absolute atomic E-state index is 13.7. The van der Waals surface area contributed by atoms with E-state index in [4.69, 9.17) is 0 Å². The van der Waals surface area contributed by atoms with Gasteiger partial charge in [0.2, 0.25) is 0 Å². The molecule has 2 fully saturated rings. The average molecular weight is 314 g/mol. The summed E-state index contributed by atoms with van der Waals surface area (Å²) in [7, 11) is 0. The fraction of sp³-hybridized carbons (Fsp3) is 0.438. The third-order valence-corrected chi connectivity index (χ3v) is 4.61. The molecule has 4 rings (SSSR count). The molecule has 23 heavy (non-hydrogen) atoms. The van der Waals surface area contributed by atoms with E-state index in [1.165, 1.54) is 12.5 Å². The van der Waals surface area contributed by atoms with E-state index in [-0.39, 0.29) is 5.82 Å². The van der Waals surface area contributed by atoms with Gasteiger partial charge >= 0.3 is 0 Å². The second kappa shape index (κ2) is 6.08. The molecule has 0 spiro atoms. The van der Waals surface area contributed by atoms with Crippen molar-refractivity contribution in [3.05, 3.63) is 42.7 Å². The lowest BCUT2D eigenvalue weighted by molar-refractivity contribution is 0.156. The van der Waals surface area contributed by atoms with Crippen LogP contribution in [0, 0.1) is 5.82 Å². The van der Waals surface area contributed by atoms with E-state index in [1.54, 1.807) is 0 Å². The Morgan fingerprint density at radius 1 is 1.00 bits per heavy atom. The third-order valence-electron chi connectivity index (χ3n) is 4.61. The van der Waals surface area contributed by atoms with E-state index in [9.17, 15) is 4.39 Å². The van der Waals surface area contributed by atoms with Gasteiger partial charge in [0.25, 0.3) is 0 Å². The molecule has 0 radical (unpaired) electrons. The summed E-state index contributed by atoms with van der Waals surface area (Å²) in [5.74, 6) is 1.12. The van der Waals surface area contributed by atoms with Crippen molar-refractivity contribution in [1.29, 1.82) is 0 Å². The summed E-state index contributed by atoms with van der Waals surface area (Å²) in [6, 6.07) is 6.50. The predicted molar refractivity (Wildman–Crippen MR) is 86.0 cm³/mol. The van der Waals surface area contributed by atoms with Crippen molar-refractivity contribution >= 4 is 11.6 Å². The van der Waals surface area contributed by atoms with Crippen molar-refractivity contribution in [2.45, 2.75) is 6.04 Å². The minimum Gasteiger partial charge on any atom is -0.354 e. The Morgan fingerprint density at radius 3 is 2.52 bits per heavy atom. The van der Waals surface area contributed by atoms with Crippen LogP contribution in [0.3, 0.4) is 0 Å². The number of nitrogens with zero attached hydrogens (tertiary/aromatic N) is 6. The Morgan fingerprint density at radius 2 is 1.83 bits per heavy atom. The van der Waals surface area contributed by atoms with E-state index in [0.29, 0.717) is 11.9 Å². The van der Waals surface area contributed by atoms with Gasteiger partial charge < -0.3 is 9.80 Å². The lowest BCUT2D eigenvalue weighted by Gasteiger charge is -2.48. The van der Waals surface area contributed by atoms with E-state index in [1.807, 2.05) is 23.2 Å². The Balaban J connectivity index is 1.30. The van der Waals surface area contributed by atoms with Crippen LogP contribution in [0.1, 0.15) is 0 Å². The van der Waals surface area contributed by atoms with Gasteiger partial charge in [-0.05, 0) is 12.1 Å². The van der Waals surface area contributed by atoms with Crippen molar-refractivity contribution in [1.82, 2.24) is 19.9 Å². The van der Waals surface area contributed by atoms with Crippen LogP contribution in [0.5, 0.6) is 0 Å². The van der Waals surface area contributed by atoms with E-state index >= 15 is 0 Å². The lowest BCUT2D eigenvalue weighted by atomic mass is 10.1. The summed E-state index contributed by atoms with van der Waals surface area (Å²) in [5, 5.41) is 0. The normalized spacial score (nSPS) is 19.7. The van der Waals surface area contributed by atoms with Gasteiger partial charge in [0.05, 0.1) is 6.20 Å². The maximum Gasteiger partial charge on any atom is 0.183 e. The molecule has 4 heterocycles. The minimum atomic E-state index is -0.342. The zero-order chi connectivity index (χ0) is 15.6. The molecule has 0 atom stereocenters. The second-order valence-electron chi connectivity index (χ2n) is 5.96. The number of piperazine rings is 1. The third kappa shape index (κ3) is 2.84.